The summed E-state index contributed by atoms with van der Waals surface area (Å²) < 4.78 is 0. The maximum absolute atomic E-state index is 12.5. The number of rotatable bonds is 3. The van der Waals surface area contributed by atoms with Gasteiger partial charge in [0.2, 0.25) is 5.91 Å². The number of fused-ring (bicyclic) bond motifs is 3. The first-order chi connectivity index (χ1) is 11.8. The zero-order chi connectivity index (χ0) is 16.5. The number of likely N-dealkylation sites (N-methyl/N-ethyl adjacent to an activating group) is 1. The molecule has 3 N–H and O–H groups in total. The van der Waals surface area contributed by atoms with Crippen LogP contribution in [0.4, 0.5) is 0 Å². The highest BCUT2D eigenvalue weighted by Gasteiger charge is 2.33. The van der Waals surface area contributed by atoms with Crippen molar-refractivity contribution in [3.63, 3.8) is 0 Å². The summed E-state index contributed by atoms with van der Waals surface area (Å²) in [5.74, 6) is 0.0642. The van der Waals surface area contributed by atoms with Crippen LogP contribution in [0, 0.1) is 0 Å². The zero-order valence-corrected chi connectivity index (χ0v) is 13.7. The Morgan fingerprint density at radius 3 is 2.67 bits per heavy atom. The molecule has 0 saturated heterocycles. The first kappa shape index (κ1) is 15.0. The third-order valence-electron chi connectivity index (χ3n) is 4.71. The van der Waals surface area contributed by atoms with Crippen LogP contribution in [0.2, 0.25) is 0 Å². The second-order valence-corrected chi connectivity index (χ2v) is 6.22. The van der Waals surface area contributed by atoms with E-state index in [1.54, 1.807) is 0 Å². The van der Waals surface area contributed by atoms with Crippen molar-refractivity contribution in [1.82, 2.24) is 15.6 Å². The molecule has 1 amide bonds. The van der Waals surface area contributed by atoms with E-state index < -0.39 is 0 Å². The molecular weight excluding hydrogens is 298 g/mol. The van der Waals surface area contributed by atoms with Gasteiger partial charge in [-0.15, -0.1) is 0 Å². The number of aromatic nitrogens is 1. The van der Waals surface area contributed by atoms with Gasteiger partial charge in [0.1, 0.15) is 0 Å². The number of amides is 1. The zero-order valence-electron chi connectivity index (χ0n) is 13.7. The number of H-pyrrole nitrogens is 1. The Hall–Kier alpha value is -2.59. The van der Waals surface area contributed by atoms with E-state index in [0.29, 0.717) is 13.0 Å². The number of benzene rings is 2. The van der Waals surface area contributed by atoms with E-state index >= 15 is 0 Å². The molecule has 1 aliphatic rings. The van der Waals surface area contributed by atoms with Crippen LogP contribution in [-0.4, -0.2) is 23.5 Å². The van der Waals surface area contributed by atoms with Crippen molar-refractivity contribution < 1.29 is 4.79 Å². The summed E-state index contributed by atoms with van der Waals surface area (Å²) in [7, 11) is 0. The van der Waals surface area contributed by atoms with Gasteiger partial charge >= 0.3 is 0 Å². The lowest BCUT2D eigenvalue weighted by Crippen LogP contribution is -2.49. The van der Waals surface area contributed by atoms with Crippen LogP contribution in [0.15, 0.2) is 54.6 Å². The maximum Gasteiger partial charge on any atom is 0.237 e. The molecule has 1 unspecified atom stereocenters. The first-order valence-electron chi connectivity index (χ1n) is 8.46. The molecule has 0 fully saturated rings. The van der Waals surface area contributed by atoms with E-state index in [4.69, 9.17) is 0 Å². The molecule has 0 spiro atoms. The third-order valence-corrected chi connectivity index (χ3v) is 4.71. The fourth-order valence-corrected chi connectivity index (χ4v) is 3.61. The molecular formula is C20H21N3O. The highest BCUT2D eigenvalue weighted by Crippen LogP contribution is 2.35. The molecule has 4 nitrogen and oxygen atoms in total. The van der Waals surface area contributed by atoms with Gasteiger partial charge in [-0.25, -0.2) is 0 Å². The van der Waals surface area contributed by atoms with E-state index in [0.717, 1.165) is 5.52 Å². The van der Waals surface area contributed by atoms with Crippen LogP contribution in [0.1, 0.15) is 29.8 Å². The van der Waals surface area contributed by atoms with Crippen molar-refractivity contribution >= 4 is 16.8 Å². The predicted octanol–water partition coefficient (Wildman–Crippen LogP) is 2.91. The minimum atomic E-state index is -0.220. The Morgan fingerprint density at radius 2 is 1.88 bits per heavy atom. The molecule has 24 heavy (non-hydrogen) atoms. The number of hydrogen-bond donors (Lipinski definition) is 3. The number of aromatic amines is 1. The lowest BCUT2D eigenvalue weighted by molar-refractivity contribution is -0.123. The first-order valence-corrected chi connectivity index (χ1v) is 8.46. The molecule has 0 bridgehead atoms. The van der Waals surface area contributed by atoms with E-state index in [1.165, 1.54) is 22.2 Å². The summed E-state index contributed by atoms with van der Waals surface area (Å²) in [5.41, 5.74) is 4.71. The molecule has 4 heteroatoms. The number of carbonyl (C=O) groups excluding carboxylic acids is 1. The van der Waals surface area contributed by atoms with Crippen molar-refractivity contribution in [3.05, 3.63) is 71.4 Å². The molecule has 4 rings (SSSR count). The van der Waals surface area contributed by atoms with Crippen LogP contribution in [0.25, 0.3) is 10.9 Å². The van der Waals surface area contributed by atoms with Gasteiger partial charge in [0.05, 0.1) is 12.1 Å². The van der Waals surface area contributed by atoms with Gasteiger partial charge in [0.25, 0.3) is 0 Å². The van der Waals surface area contributed by atoms with Crippen LogP contribution in [0.3, 0.4) is 0 Å². The predicted molar refractivity (Wildman–Crippen MR) is 95.9 cm³/mol. The fraction of sp³-hybridized carbons (Fsp3) is 0.250. The molecule has 0 saturated carbocycles. The standard InChI is InChI=1S/C20H21N3O/c1-2-21-20(24)17-12-15-14-10-6-7-11-16(14)22-19(15)18(23-17)13-8-4-3-5-9-13/h3-11,17-18,22-23H,2,12H2,1H3,(H,21,24)/t17-,18?/m0/s1. The Bertz CT molecular complexity index is 869. The molecule has 2 heterocycles. The minimum Gasteiger partial charge on any atom is -0.357 e. The molecule has 2 atom stereocenters. The van der Waals surface area contributed by atoms with Gasteiger partial charge in [0.15, 0.2) is 0 Å². The molecule has 122 valence electrons. The second-order valence-electron chi connectivity index (χ2n) is 6.22. The summed E-state index contributed by atoms with van der Waals surface area (Å²) in [6.07, 6.45) is 0.703. The SMILES string of the molecule is CCNC(=O)[C@@H]1Cc2c([nH]c3ccccc23)C(c2ccccc2)N1. The summed E-state index contributed by atoms with van der Waals surface area (Å²) in [6.45, 7) is 2.60. The normalized spacial score (nSPS) is 19.9. The molecule has 1 aliphatic heterocycles. The van der Waals surface area contributed by atoms with Crippen molar-refractivity contribution in [1.29, 1.82) is 0 Å². The van der Waals surface area contributed by atoms with Crippen molar-refractivity contribution in [3.8, 4) is 0 Å². The van der Waals surface area contributed by atoms with Gasteiger partial charge in [-0.1, -0.05) is 48.5 Å². The topological polar surface area (TPSA) is 56.9 Å². The Labute approximate surface area is 141 Å². The lowest BCUT2D eigenvalue weighted by atomic mass is 9.90. The van der Waals surface area contributed by atoms with Gasteiger partial charge in [-0.05, 0) is 30.5 Å². The smallest absolute Gasteiger partial charge is 0.237 e. The quantitative estimate of drug-likeness (QED) is 0.695. The van der Waals surface area contributed by atoms with Crippen LogP contribution < -0.4 is 10.6 Å². The van der Waals surface area contributed by atoms with Crippen molar-refractivity contribution in [2.45, 2.75) is 25.4 Å². The number of para-hydroxylation sites is 1. The van der Waals surface area contributed by atoms with E-state index in [-0.39, 0.29) is 18.0 Å². The number of nitrogens with one attached hydrogen (secondary N) is 3. The van der Waals surface area contributed by atoms with Crippen LogP contribution in [0.5, 0.6) is 0 Å². The minimum absolute atomic E-state index is 0.00467. The maximum atomic E-state index is 12.5. The van der Waals surface area contributed by atoms with Gasteiger partial charge < -0.3 is 10.3 Å². The Morgan fingerprint density at radius 1 is 1.12 bits per heavy atom. The number of hydrogen-bond acceptors (Lipinski definition) is 2. The number of carbonyl (C=O) groups is 1. The monoisotopic (exact) mass is 319 g/mol. The molecule has 2 aromatic carbocycles. The van der Waals surface area contributed by atoms with E-state index in [9.17, 15) is 4.79 Å². The average Bonchev–Trinajstić information content (AvgIpc) is 3.00. The van der Waals surface area contributed by atoms with Crippen LogP contribution in [-0.2, 0) is 11.2 Å². The Kier molecular flexibility index (Phi) is 3.82. The largest absolute Gasteiger partial charge is 0.357 e. The second kappa shape index (κ2) is 6.13. The third kappa shape index (κ3) is 2.49. The van der Waals surface area contributed by atoms with Gasteiger partial charge in [-0.2, -0.15) is 0 Å². The van der Waals surface area contributed by atoms with E-state index in [1.807, 2.05) is 31.2 Å². The highest BCUT2D eigenvalue weighted by molar-refractivity contribution is 5.88. The highest BCUT2D eigenvalue weighted by atomic mass is 16.2. The summed E-state index contributed by atoms with van der Waals surface area (Å²) in [5, 5.41) is 7.69. The van der Waals surface area contributed by atoms with E-state index in [2.05, 4.69) is 45.9 Å². The van der Waals surface area contributed by atoms with Gasteiger partial charge in [0, 0.05) is 23.1 Å². The molecule has 0 radical (unpaired) electrons. The Balaban J connectivity index is 1.83. The molecule has 3 aromatic rings. The fourth-order valence-electron chi connectivity index (χ4n) is 3.61. The van der Waals surface area contributed by atoms with Crippen molar-refractivity contribution in [2.24, 2.45) is 0 Å². The summed E-state index contributed by atoms with van der Waals surface area (Å²) in [4.78, 5) is 16.0. The van der Waals surface area contributed by atoms with Crippen LogP contribution >= 0.6 is 0 Å². The van der Waals surface area contributed by atoms with Crippen molar-refractivity contribution in [2.75, 3.05) is 6.54 Å². The summed E-state index contributed by atoms with van der Waals surface area (Å²) >= 11 is 0. The molecule has 1 aromatic heterocycles. The lowest BCUT2D eigenvalue weighted by Gasteiger charge is -2.31. The average molecular weight is 319 g/mol. The van der Waals surface area contributed by atoms with Gasteiger partial charge in [-0.3, -0.25) is 10.1 Å². The summed E-state index contributed by atoms with van der Waals surface area (Å²) in [6, 6.07) is 18.4. The molecule has 0 aliphatic carbocycles.